The number of rotatable bonds is 11. The van der Waals surface area contributed by atoms with Gasteiger partial charge in [0.05, 0.1) is 6.33 Å². The molecule has 0 radical (unpaired) electrons. The first-order valence-corrected chi connectivity index (χ1v) is 12.3. The van der Waals surface area contributed by atoms with Gasteiger partial charge in [0.2, 0.25) is 5.91 Å². The van der Waals surface area contributed by atoms with E-state index in [0.29, 0.717) is 6.42 Å². The zero-order chi connectivity index (χ0) is 22.9. The minimum Gasteiger partial charge on any atom is -0.354 e. The van der Waals surface area contributed by atoms with Crippen LogP contribution in [0.25, 0.3) is 0 Å². The van der Waals surface area contributed by atoms with Crippen molar-refractivity contribution >= 4 is 11.7 Å². The minimum atomic E-state index is 0.157. The third-order valence-electron chi connectivity index (χ3n) is 6.21. The highest BCUT2D eigenvalue weighted by Crippen LogP contribution is 2.26. The molecule has 0 aromatic carbocycles. The normalized spacial score (nSPS) is 17.5. The van der Waals surface area contributed by atoms with Gasteiger partial charge in [-0.05, 0) is 45.4 Å². The maximum Gasteiger partial charge on any atom is 0.222 e. The summed E-state index contributed by atoms with van der Waals surface area (Å²) < 4.78 is 2.04. The number of carbonyl (C=O) groups is 1. The van der Waals surface area contributed by atoms with Gasteiger partial charge in [0.15, 0.2) is 0 Å². The predicted molar refractivity (Wildman–Crippen MR) is 129 cm³/mol. The van der Waals surface area contributed by atoms with Crippen molar-refractivity contribution in [1.82, 2.24) is 24.8 Å². The summed E-state index contributed by atoms with van der Waals surface area (Å²) in [7, 11) is 0. The van der Waals surface area contributed by atoms with E-state index in [4.69, 9.17) is 4.98 Å². The van der Waals surface area contributed by atoms with Crippen LogP contribution >= 0.6 is 0 Å². The Balaban J connectivity index is 1.59. The van der Waals surface area contributed by atoms with Gasteiger partial charge in [-0.15, -0.1) is 0 Å². The van der Waals surface area contributed by atoms with Gasteiger partial charge in [0, 0.05) is 62.2 Å². The molecule has 0 aliphatic carbocycles. The Bertz CT molecular complexity index is 835. The number of hydrogen-bond acceptors (Lipinski definition) is 5. The van der Waals surface area contributed by atoms with Crippen molar-refractivity contribution in [3.8, 4) is 0 Å². The molecular weight excluding hydrogens is 400 g/mol. The second-order valence-corrected chi connectivity index (χ2v) is 9.67. The van der Waals surface area contributed by atoms with Crippen LogP contribution in [-0.2, 0) is 17.8 Å². The topological polar surface area (TPSA) is 75.9 Å². The summed E-state index contributed by atoms with van der Waals surface area (Å²) in [5, 5.41) is 3.22. The average molecular weight is 441 g/mol. The highest BCUT2D eigenvalue weighted by Gasteiger charge is 2.27. The van der Waals surface area contributed by atoms with Crippen LogP contribution in [0.3, 0.4) is 0 Å². The molecule has 1 amide bonds. The van der Waals surface area contributed by atoms with Crippen molar-refractivity contribution < 1.29 is 4.79 Å². The SMILES string of the molecule is Cc1cc(N2CCCCC2CC(=O)NC(C)CCCC(C)C)nc(CCn2ccnc2)n1. The van der Waals surface area contributed by atoms with E-state index in [-0.39, 0.29) is 18.0 Å². The first kappa shape index (κ1) is 24.2. The molecule has 1 saturated heterocycles. The van der Waals surface area contributed by atoms with Crippen LogP contribution in [0.1, 0.15) is 77.2 Å². The molecule has 0 bridgehead atoms. The largest absolute Gasteiger partial charge is 0.354 e. The van der Waals surface area contributed by atoms with Crippen LogP contribution in [0.2, 0.25) is 0 Å². The van der Waals surface area contributed by atoms with Crippen molar-refractivity contribution in [2.45, 2.75) is 97.7 Å². The summed E-state index contributed by atoms with van der Waals surface area (Å²) in [6, 6.07) is 2.49. The number of anilines is 1. The van der Waals surface area contributed by atoms with E-state index in [2.05, 4.69) is 47.0 Å². The third-order valence-corrected chi connectivity index (χ3v) is 6.21. The molecule has 7 heteroatoms. The first-order chi connectivity index (χ1) is 15.4. The Hall–Kier alpha value is -2.44. The molecule has 1 N–H and O–H groups in total. The number of piperidine rings is 1. The van der Waals surface area contributed by atoms with E-state index in [1.807, 2.05) is 24.0 Å². The number of nitrogens with zero attached hydrogens (tertiary/aromatic N) is 5. The van der Waals surface area contributed by atoms with Crippen molar-refractivity contribution in [1.29, 1.82) is 0 Å². The Morgan fingerprint density at radius 3 is 2.81 bits per heavy atom. The van der Waals surface area contributed by atoms with Gasteiger partial charge < -0.3 is 14.8 Å². The Morgan fingerprint density at radius 1 is 1.22 bits per heavy atom. The van der Waals surface area contributed by atoms with Crippen LogP contribution in [-0.4, -0.2) is 44.1 Å². The van der Waals surface area contributed by atoms with Crippen LogP contribution in [0, 0.1) is 12.8 Å². The van der Waals surface area contributed by atoms with E-state index >= 15 is 0 Å². The number of imidazole rings is 1. The van der Waals surface area contributed by atoms with E-state index in [0.717, 1.165) is 74.9 Å². The molecule has 1 aliphatic rings. The lowest BCUT2D eigenvalue weighted by molar-refractivity contribution is -0.122. The van der Waals surface area contributed by atoms with Crippen molar-refractivity contribution in [3.63, 3.8) is 0 Å². The van der Waals surface area contributed by atoms with E-state index in [1.54, 1.807) is 6.20 Å². The smallest absolute Gasteiger partial charge is 0.222 e. The van der Waals surface area contributed by atoms with Crippen molar-refractivity contribution in [2.24, 2.45) is 5.92 Å². The summed E-state index contributed by atoms with van der Waals surface area (Å²) in [4.78, 5) is 28.7. The lowest BCUT2D eigenvalue weighted by Gasteiger charge is -2.37. The van der Waals surface area contributed by atoms with Gasteiger partial charge in [-0.25, -0.2) is 15.0 Å². The molecule has 1 aliphatic heterocycles. The molecule has 32 heavy (non-hydrogen) atoms. The first-order valence-electron chi connectivity index (χ1n) is 12.3. The van der Waals surface area contributed by atoms with E-state index in [1.165, 1.54) is 6.42 Å². The number of aryl methyl sites for hydroxylation is 3. The van der Waals surface area contributed by atoms with Gasteiger partial charge >= 0.3 is 0 Å². The third kappa shape index (κ3) is 7.61. The number of carbonyl (C=O) groups excluding carboxylic acids is 1. The predicted octanol–water partition coefficient (Wildman–Crippen LogP) is 4.30. The fourth-order valence-corrected chi connectivity index (χ4v) is 4.49. The van der Waals surface area contributed by atoms with Crippen molar-refractivity contribution in [2.75, 3.05) is 11.4 Å². The minimum absolute atomic E-state index is 0.157. The second kappa shape index (κ2) is 12.0. The highest BCUT2D eigenvalue weighted by molar-refractivity contribution is 5.77. The molecule has 7 nitrogen and oxygen atoms in total. The van der Waals surface area contributed by atoms with E-state index in [9.17, 15) is 4.79 Å². The molecule has 176 valence electrons. The zero-order valence-electron chi connectivity index (χ0n) is 20.3. The Labute approximate surface area is 193 Å². The number of amides is 1. The lowest BCUT2D eigenvalue weighted by Crippen LogP contribution is -2.44. The van der Waals surface area contributed by atoms with Gasteiger partial charge in [-0.2, -0.15) is 0 Å². The maximum atomic E-state index is 12.8. The molecule has 3 heterocycles. The molecule has 0 spiro atoms. The average Bonchev–Trinajstić information content (AvgIpc) is 3.25. The fraction of sp³-hybridized carbons (Fsp3) is 0.680. The maximum absolute atomic E-state index is 12.8. The summed E-state index contributed by atoms with van der Waals surface area (Å²) >= 11 is 0. The molecule has 1 fully saturated rings. The number of aromatic nitrogens is 4. The number of nitrogens with one attached hydrogen (secondary N) is 1. The van der Waals surface area contributed by atoms with E-state index < -0.39 is 0 Å². The molecule has 2 aromatic rings. The van der Waals surface area contributed by atoms with Crippen LogP contribution < -0.4 is 10.2 Å². The number of hydrogen-bond donors (Lipinski definition) is 1. The highest BCUT2D eigenvalue weighted by atomic mass is 16.1. The molecule has 3 rings (SSSR count). The monoisotopic (exact) mass is 440 g/mol. The molecular formula is C25H40N6O. The quantitative estimate of drug-likeness (QED) is 0.564. The molecule has 2 atom stereocenters. The van der Waals surface area contributed by atoms with Crippen LogP contribution in [0.4, 0.5) is 5.82 Å². The molecule has 0 saturated carbocycles. The summed E-state index contributed by atoms with van der Waals surface area (Å²) in [5.41, 5.74) is 0.975. The zero-order valence-corrected chi connectivity index (χ0v) is 20.3. The fourth-order valence-electron chi connectivity index (χ4n) is 4.49. The van der Waals surface area contributed by atoms with Gasteiger partial charge in [-0.3, -0.25) is 4.79 Å². The summed E-state index contributed by atoms with van der Waals surface area (Å²) in [6.45, 7) is 10.4. The van der Waals surface area contributed by atoms with Crippen molar-refractivity contribution in [3.05, 3.63) is 36.3 Å². The molecule has 2 unspecified atom stereocenters. The summed E-state index contributed by atoms with van der Waals surface area (Å²) in [6.07, 6.45) is 13.6. The van der Waals surface area contributed by atoms with Gasteiger partial charge in [0.25, 0.3) is 0 Å². The Kier molecular flexibility index (Phi) is 9.06. The van der Waals surface area contributed by atoms with Gasteiger partial charge in [0.1, 0.15) is 11.6 Å². The second-order valence-electron chi connectivity index (χ2n) is 9.67. The standard InChI is InChI=1S/C25H40N6O/c1-19(2)8-7-9-20(3)28-25(32)17-22-10-5-6-13-31(22)24-16-21(4)27-23(29-24)11-14-30-15-12-26-18-30/h12,15-16,18-20,22H,5-11,13-14,17H2,1-4H3,(H,28,32). The van der Waals surface area contributed by atoms with Crippen LogP contribution in [0.15, 0.2) is 24.8 Å². The lowest BCUT2D eigenvalue weighted by atomic mass is 9.98. The molecule has 2 aromatic heterocycles. The Morgan fingerprint density at radius 2 is 2.06 bits per heavy atom. The van der Waals surface area contributed by atoms with Gasteiger partial charge in [-0.1, -0.05) is 26.7 Å². The summed E-state index contributed by atoms with van der Waals surface area (Å²) in [5.74, 6) is 2.68. The van der Waals surface area contributed by atoms with Crippen LogP contribution in [0.5, 0.6) is 0 Å².